The molecule has 5 heteroatoms. The summed E-state index contributed by atoms with van der Waals surface area (Å²) in [6.07, 6.45) is 4.00. The van der Waals surface area contributed by atoms with Crippen molar-refractivity contribution in [3.63, 3.8) is 0 Å². The predicted molar refractivity (Wildman–Crippen MR) is 107 cm³/mol. The van der Waals surface area contributed by atoms with Gasteiger partial charge in [0, 0.05) is 0 Å². The summed E-state index contributed by atoms with van der Waals surface area (Å²) in [4.78, 5) is 0. The molecule has 0 aliphatic carbocycles. The number of phenols is 2. The van der Waals surface area contributed by atoms with E-state index in [2.05, 4.69) is 6.92 Å². The van der Waals surface area contributed by atoms with E-state index in [1.54, 1.807) is 54.8 Å². The molecule has 142 valence electrons. The summed E-state index contributed by atoms with van der Waals surface area (Å²) in [6, 6.07) is 21.1. The van der Waals surface area contributed by atoms with Crippen molar-refractivity contribution in [2.75, 3.05) is 6.54 Å². The number of aromatic hydroxyl groups is 2. The van der Waals surface area contributed by atoms with Crippen LogP contribution in [-0.4, -0.2) is 16.8 Å². The number of unbranched alkanes of at least 4 members (excludes halogenated alkanes) is 1. The molecule has 3 rings (SSSR count). The topological polar surface area (TPSA) is 106 Å². The minimum Gasteiger partial charge on any atom is -0.508 e. The zero-order chi connectivity index (χ0) is 19.5. The summed E-state index contributed by atoms with van der Waals surface area (Å²) in [7, 11) is 0. The van der Waals surface area contributed by atoms with Crippen LogP contribution >= 0.6 is 0 Å². The number of hydrogen-bond donors (Lipinski definition) is 4. The molecule has 0 radical (unpaired) electrons. The van der Waals surface area contributed by atoms with Crippen molar-refractivity contribution in [1.82, 2.24) is 0 Å². The van der Waals surface area contributed by atoms with Crippen LogP contribution in [0, 0.1) is 0 Å². The second-order valence-corrected chi connectivity index (χ2v) is 5.10. The fourth-order valence-corrected chi connectivity index (χ4v) is 1.49. The first-order valence-electron chi connectivity index (χ1n) is 8.54. The highest BCUT2D eigenvalue weighted by molar-refractivity contribution is 5.19. The van der Waals surface area contributed by atoms with E-state index in [1.807, 2.05) is 24.3 Å². The van der Waals surface area contributed by atoms with Crippen LogP contribution in [0.2, 0.25) is 0 Å². The molecule has 0 saturated heterocycles. The molecule has 0 spiro atoms. The van der Waals surface area contributed by atoms with E-state index in [-0.39, 0.29) is 0 Å². The minimum atomic E-state index is 0.322. The van der Waals surface area contributed by atoms with Gasteiger partial charge in [-0.15, -0.1) is 0 Å². The number of furan rings is 1. The summed E-state index contributed by atoms with van der Waals surface area (Å²) in [5.74, 6) is 1.48. The summed E-state index contributed by atoms with van der Waals surface area (Å²) in [6.45, 7) is 3.47. The van der Waals surface area contributed by atoms with E-state index < -0.39 is 0 Å². The van der Waals surface area contributed by atoms with Gasteiger partial charge >= 0.3 is 0 Å². The molecule has 5 nitrogen and oxygen atoms in total. The monoisotopic (exact) mass is 358 g/mol. The Morgan fingerprint density at radius 3 is 1.42 bits per heavy atom. The number of phenolic OH excluding ortho intramolecular Hbond substituents is 2. The van der Waals surface area contributed by atoms with Crippen molar-refractivity contribution < 1.29 is 14.6 Å². The lowest BCUT2D eigenvalue weighted by molar-refractivity contribution is 0.475. The van der Waals surface area contributed by atoms with E-state index in [0.717, 1.165) is 12.3 Å². The van der Waals surface area contributed by atoms with Gasteiger partial charge in [-0.1, -0.05) is 49.7 Å². The van der Waals surface area contributed by atoms with Gasteiger partial charge < -0.3 is 26.1 Å². The second-order valence-electron chi connectivity index (χ2n) is 5.10. The van der Waals surface area contributed by atoms with Crippen LogP contribution in [-0.2, 0) is 6.54 Å². The average Bonchev–Trinajstić information content (AvgIpc) is 3.19. The van der Waals surface area contributed by atoms with Crippen LogP contribution < -0.4 is 11.5 Å². The SMILES string of the molecule is CCCCN.NCc1ccco1.Oc1ccccc1.Oc1ccccc1. The Labute approximate surface area is 155 Å². The Bertz CT molecular complexity index is 575. The van der Waals surface area contributed by atoms with Gasteiger partial charge in [0.05, 0.1) is 12.8 Å². The lowest BCUT2D eigenvalue weighted by Crippen LogP contribution is -1.95. The minimum absolute atomic E-state index is 0.322. The molecule has 0 unspecified atom stereocenters. The van der Waals surface area contributed by atoms with Crippen molar-refractivity contribution in [2.24, 2.45) is 11.5 Å². The van der Waals surface area contributed by atoms with Gasteiger partial charge in [0.1, 0.15) is 17.3 Å². The first-order valence-corrected chi connectivity index (χ1v) is 8.54. The third kappa shape index (κ3) is 14.8. The molecule has 0 saturated carbocycles. The van der Waals surface area contributed by atoms with Crippen molar-refractivity contribution in [1.29, 1.82) is 0 Å². The van der Waals surface area contributed by atoms with E-state index >= 15 is 0 Å². The Balaban J connectivity index is 0.000000324. The maximum atomic E-state index is 8.63. The molecule has 1 aromatic heterocycles. The molecular formula is C21H30N2O3. The average molecular weight is 358 g/mol. The lowest BCUT2D eigenvalue weighted by atomic mass is 10.3. The molecule has 6 N–H and O–H groups in total. The van der Waals surface area contributed by atoms with Crippen LogP contribution in [0.3, 0.4) is 0 Å². The van der Waals surface area contributed by atoms with E-state index in [4.69, 9.17) is 26.1 Å². The van der Waals surface area contributed by atoms with Crippen molar-refractivity contribution in [3.05, 3.63) is 84.8 Å². The first kappa shape index (κ1) is 23.2. The zero-order valence-corrected chi connectivity index (χ0v) is 15.3. The second kappa shape index (κ2) is 17.1. The summed E-state index contributed by atoms with van der Waals surface area (Å²) >= 11 is 0. The number of nitrogens with two attached hydrogens (primary N) is 2. The van der Waals surface area contributed by atoms with Crippen LogP contribution in [0.4, 0.5) is 0 Å². The predicted octanol–water partition coefficient (Wildman–Crippen LogP) is 4.27. The van der Waals surface area contributed by atoms with E-state index in [9.17, 15) is 0 Å². The van der Waals surface area contributed by atoms with Gasteiger partial charge in [-0.05, 0) is 49.4 Å². The standard InChI is InChI=1S/2C6H6O.C5H7NO.C4H11N/c2*7-6-4-2-1-3-5-6;6-4-5-2-1-3-7-5;1-2-3-4-5/h2*1-5,7H;1-3H,4,6H2;2-5H2,1H3. The summed E-state index contributed by atoms with van der Waals surface area (Å²) < 4.78 is 4.86. The molecule has 0 aliphatic rings. The third-order valence-corrected chi connectivity index (χ3v) is 2.85. The van der Waals surface area contributed by atoms with Crippen LogP contribution in [0.1, 0.15) is 25.5 Å². The Kier molecular flexibility index (Phi) is 15.3. The zero-order valence-electron chi connectivity index (χ0n) is 15.3. The molecule has 0 amide bonds. The molecular weight excluding hydrogens is 328 g/mol. The smallest absolute Gasteiger partial charge is 0.117 e. The summed E-state index contributed by atoms with van der Waals surface area (Å²) in [5, 5.41) is 17.3. The van der Waals surface area contributed by atoms with Gasteiger partial charge in [-0.25, -0.2) is 0 Å². The highest BCUT2D eigenvalue weighted by Gasteiger charge is 1.84. The third-order valence-electron chi connectivity index (χ3n) is 2.85. The van der Waals surface area contributed by atoms with Crippen molar-refractivity contribution in [3.8, 4) is 11.5 Å². The fraction of sp³-hybridized carbons (Fsp3) is 0.238. The number of para-hydroxylation sites is 2. The van der Waals surface area contributed by atoms with Crippen molar-refractivity contribution >= 4 is 0 Å². The summed E-state index contributed by atoms with van der Waals surface area (Å²) in [5.41, 5.74) is 10.3. The lowest BCUT2D eigenvalue weighted by Gasteiger charge is -1.82. The van der Waals surface area contributed by atoms with Crippen LogP contribution in [0.15, 0.2) is 83.5 Å². The van der Waals surface area contributed by atoms with Crippen LogP contribution in [0.5, 0.6) is 11.5 Å². The normalized spacial score (nSPS) is 8.73. The molecule has 0 aliphatic heterocycles. The van der Waals surface area contributed by atoms with Crippen molar-refractivity contribution in [2.45, 2.75) is 26.3 Å². The quantitative estimate of drug-likeness (QED) is 0.559. The van der Waals surface area contributed by atoms with Gasteiger partial charge in [0.2, 0.25) is 0 Å². The molecule has 3 aromatic rings. The first-order chi connectivity index (χ1) is 12.6. The van der Waals surface area contributed by atoms with Gasteiger partial charge in [-0.3, -0.25) is 0 Å². The maximum Gasteiger partial charge on any atom is 0.117 e. The Morgan fingerprint density at radius 2 is 1.27 bits per heavy atom. The largest absolute Gasteiger partial charge is 0.508 e. The molecule has 1 heterocycles. The fourth-order valence-electron chi connectivity index (χ4n) is 1.49. The Hall–Kier alpha value is -2.76. The maximum absolute atomic E-state index is 8.63. The highest BCUT2D eigenvalue weighted by Crippen LogP contribution is 2.03. The number of rotatable bonds is 3. The molecule has 0 fully saturated rings. The number of hydrogen-bond acceptors (Lipinski definition) is 5. The molecule has 26 heavy (non-hydrogen) atoms. The van der Waals surface area contributed by atoms with Crippen LogP contribution in [0.25, 0.3) is 0 Å². The van der Waals surface area contributed by atoms with E-state index in [1.165, 1.54) is 12.8 Å². The number of benzene rings is 2. The van der Waals surface area contributed by atoms with Gasteiger partial charge in [-0.2, -0.15) is 0 Å². The molecule has 0 bridgehead atoms. The molecule has 0 atom stereocenters. The molecule has 2 aromatic carbocycles. The van der Waals surface area contributed by atoms with Gasteiger partial charge in [0.25, 0.3) is 0 Å². The highest BCUT2D eigenvalue weighted by atomic mass is 16.3. The van der Waals surface area contributed by atoms with Gasteiger partial charge in [0.15, 0.2) is 0 Å². The van der Waals surface area contributed by atoms with E-state index in [0.29, 0.717) is 18.0 Å². The Morgan fingerprint density at radius 1 is 0.769 bits per heavy atom.